The van der Waals surface area contributed by atoms with E-state index in [1.54, 1.807) is 0 Å². The number of hydrogen-bond donors (Lipinski definition) is 1. The van der Waals surface area contributed by atoms with Crippen molar-refractivity contribution >= 4 is 37.5 Å². The minimum Gasteiger partial charge on any atom is -0.382 e. The summed E-state index contributed by atoms with van der Waals surface area (Å²) in [7, 11) is 0. The van der Waals surface area contributed by atoms with Gasteiger partial charge < -0.3 is 10.1 Å². The third-order valence-corrected chi connectivity index (χ3v) is 3.09. The van der Waals surface area contributed by atoms with Crippen LogP contribution < -0.4 is 5.32 Å². The van der Waals surface area contributed by atoms with E-state index in [4.69, 9.17) is 4.74 Å². The molecule has 0 unspecified atom stereocenters. The second kappa shape index (κ2) is 7.30. The van der Waals surface area contributed by atoms with Crippen LogP contribution in [0.1, 0.15) is 13.8 Å². The molecule has 1 aromatic carbocycles. The van der Waals surface area contributed by atoms with Crippen LogP contribution in [0.4, 0.5) is 5.69 Å². The minimum atomic E-state index is 0.597. The smallest absolute Gasteiger partial charge is 0.0639 e. The number of halogens is 2. The fraction of sp³-hybridized carbons (Fsp3) is 0.500. The third-order valence-electron chi connectivity index (χ3n) is 1.94. The van der Waals surface area contributed by atoms with Gasteiger partial charge in [0.15, 0.2) is 0 Å². The number of ether oxygens (including phenoxy) is 1. The molecule has 0 aliphatic carbocycles. The normalized spacial score (nSPS) is 10.8. The van der Waals surface area contributed by atoms with Crippen LogP contribution in [0.3, 0.4) is 0 Å². The highest BCUT2D eigenvalue weighted by molar-refractivity contribution is 9.11. The number of nitrogens with one attached hydrogen (secondary N) is 1. The maximum atomic E-state index is 5.49. The molecule has 0 aliphatic heterocycles. The van der Waals surface area contributed by atoms with Crippen LogP contribution in [0.25, 0.3) is 0 Å². The van der Waals surface area contributed by atoms with Crippen molar-refractivity contribution in [1.82, 2.24) is 0 Å². The molecule has 1 aromatic rings. The first-order valence-electron chi connectivity index (χ1n) is 5.36. The van der Waals surface area contributed by atoms with Gasteiger partial charge in [0.25, 0.3) is 0 Å². The zero-order chi connectivity index (χ0) is 12.0. The molecule has 0 atom stereocenters. The van der Waals surface area contributed by atoms with Crippen molar-refractivity contribution in [3.05, 3.63) is 27.1 Å². The largest absolute Gasteiger partial charge is 0.382 e. The summed E-state index contributed by atoms with van der Waals surface area (Å²) in [5.41, 5.74) is 1.09. The van der Waals surface area contributed by atoms with Crippen LogP contribution in [0.2, 0.25) is 0 Å². The molecule has 0 aromatic heterocycles. The predicted octanol–water partition coefficient (Wildman–Crippen LogP) is 4.30. The van der Waals surface area contributed by atoms with Crippen molar-refractivity contribution in [3.63, 3.8) is 0 Å². The van der Waals surface area contributed by atoms with Crippen LogP contribution in [-0.4, -0.2) is 19.8 Å². The first-order chi connectivity index (χ1) is 7.59. The molecule has 0 heterocycles. The summed E-state index contributed by atoms with van der Waals surface area (Å²) in [6.07, 6.45) is 0. The summed E-state index contributed by atoms with van der Waals surface area (Å²) in [5, 5.41) is 3.32. The molecule has 2 nitrogen and oxygen atoms in total. The van der Waals surface area contributed by atoms with Gasteiger partial charge in [0.05, 0.1) is 6.61 Å². The van der Waals surface area contributed by atoms with Crippen molar-refractivity contribution in [2.75, 3.05) is 25.1 Å². The molecule has 0 radical (unpaired) electrons. The Morgan fingerprint density at radius 2 is 2.06 bits per heavy atom. The lowest BCUT2D eigenvalue weighted by Gasteiger charge is -2.10. The van der Waals surface area contributed by atoms with E-state index in [2.05, 4.69) is 51.0 Å². The Bertz CT molecular complexity index is 329. The molecule has 0 aliphatic rings. The Labute approximate surface area is 114 Å². The lowest BCUT2D eigenvalue weighted by molar-refractivity contribution is 0.118. The van der Waals surface area contributed by atoms with Crippen LogP contribution in [-0.2, 0) is 4.74 Å². The van der Waals surface area contributed by atoms with Gasteiger partial charge in [-0.05, 0) is 40.0 Å². The Morgan fingerprint density at radius 3 is 2.69 bits per heavy atom. The fourth-order valence-electron chi connectivity index (χ4n) is 1.21. The van der Waals surface area contributed by atoms with Gasteiger partial charge in [-0.15, -0.1) is 0 Å². The monoisotopic (exact) mass is 349 g/mol. The molecule has 4 heteroatoms. The number of hydrogen-bond acceptors (Lipinski definition) is 2. The molecule has 0 amide bonds. The average molecular weight is 351 g/mol. The SMILES string of the molecule is CC(C)COCCNc1ccc(Br)cc1Br. The van der Waals surface area contributed by atoms with E-state index in [1.807, 2.05) is 18.2 Å². The second-order valence-corrected chi connectivity index (χ2v) is 5.79. The second-order valence-electron chi connectivity index (χ2n) is 4.02. The van der Waals surface area contributed by atoms with Gasteiger partial charge in [-0.25, -0.2) is 0 Å². The Morgan fingerprint density at radius 1 is 1.31 bits per heavy atom. The molecular formula is C12H17Br2NO. The molecule has 0 fully saturated rings. The number of benzene rings is 1. The van der Waals surface area contributed by atoms with Gasteiger partial charge in [-0.2, -0.15) is 0 Å². The molecule has 90 valence electrons. The van der Waals surface area contributed by atoms with E-state index in [-0.39, 0.29) is 0 Å². The summed E-state index contributed by atoms with van der Waals surface area (Å²) in [5.74, 6) is 0.597. The summed E-state index contributed by atoms with van der Waals surface area (Å²) in [6.45, 7) is 6.69. The summed E-state index contributed by atoms with van der Waals surface area (Å²) in [4.78, 5) is 0. The molecule has 1 rings (SSSR count). The van der Waals surface area contributed by atoms with Gasteiger partial charge in [0, 0.05) is 27.8 Å². The Kier molecular flexibility index (Phi) is 6.39. The highest BCUT2D eigenvalue weighted by atomic mass is 79.9. The molecule has 0 bridgehead atoms. The molecule has 0 saturated heterocycles. The van der Waals surface area contributed by atoms with E-state index in [9.17, 15) is 0 Å². The van der Waals surface area contributed by atoms with Crippen LogP contribution in [0.15, 0.2) is 27.1 Å². The van der Waals surface area contributed by atoms with Crippen molar-refractivity contribution in [2.45, 2.75) is 13.8 Å². The fourth-order valence-corrected chi connectivity index (χ4v) is 2.40. The Balaban J connectivity index is 2.27. The summed E-state index contributed by atoms with van der Waals surface area (Å²) < 4.78 is 7.62. The van der Waals surface area contributed by atoms with Crippen LogP contribution in [0.5, 0.6) is 0 Å². The number of rotatable bonds is 6. The van der Waals surface area contributed by atoms with E-state index in [1.165, 1.54) is 0 Å². The Hall–Kier alpha value is -0.0600. The lowest BCUT2D eigenvalue weighted by Crippen LogP contribution is -2.12. The van der Waals surface area contributed by atoms with Gasteiger partial charge in [-0.3, -0.25) is 0 Å². The number of anilines is 1. The van der Waals surface area contributed by atoms with Crippen molar-refractivity contribution < 1.29 is 4.74 Å². The first kappa shape index (κ1) is 14.0. The third kappa shape index (κ3) is 5.32. The standard InChI is InChI=1S/C12H17Br2NO/c1-9(2)8-16-6-5-15-12-4-3-10(13)7-11(12)14/h3-4,7,9,15H,5-6,8H2,1-2H3. The molecule has 0 spiro atoms. The van der Waals surface area contributed by atoms with Crippen molar-refractivity contribution in [1.29, 1.82) is 0 Å². The average Bonchev–Trinajstić information content (AvgIpc) is 2.20. The van der Waals surface area contributed by atoms with Gasteiger partial charge >= 0.3 is 0 Å². The van der Waals surface area contributed by atoms with Crippen LogP contribution in [0, 0.1) is 5.92 Å². The predicted molar refractivity (Wildman–Crippen MR) is 76.0 cm³/mol. The summed E-state index contributed by atoms with van der Waals surface area (Å²) >= 11 is 6.93. The molecule has 1 N–H and O–H groups in total. The maximum Gasteiger partial charge on any atom is 0.0639 e. The first-order valence-corrected chi connectivity index (χ1v) is 6.95. The van der Waals surface area contributed by atoms with Crippen molar-refractivity contribution in [2.24, 2.45) is 5.92 Å². The molecular weight excluding hydrogens is 334 g/mol. The van der Waals surface area contributed by atoms with Crippen molar-refractivity contribution in [3.8, 4) is 0 Å². The van der Waals surface area contributed by atoms with E-state index < -0.39 is 0 Å². The quantitative estimate of drug-likeness (QED) is 0.772. The maximum absolute atomic E-state index is 5.49. The van der Waals surface area contributed by atoms with E-state index in [0.29, 0.717) is 5.92 Å². The highest BCUT2D eigenvalue weighted by Gasteiger charge is 1.99. The van der Waals surface area contributed by atoms with E-state index in [0.717, 1.165) is 34.4 Å². The van der Waals surface area contributed by atoms with Gasteiger partial charge in [0.1, 0.15) is 0 Å². The highest BCUT2D eigenvalue weighted by Crippen LogP contribution is 2.25. The lowest BCUT2D eigenvalue weighted by atomic mass is 10.2. The van der Waals surface area contributed by atoms with Gasteiger partial charge in [0.2, 0.25) is 0 Å². The topological polar surface area (TPSA) is 21.3 Å². The zero-order valence-corrected chi connectivity index (χ0v) is 12.8. The zero-order valence-electron chi connectivity index (χ0n) is 9.59. The summed E-state index contributed by atoms with van der Waals surface area (Å²) in [6, 6.07) is 6.08. The molecule has 16 heavy (non-hydrogen) atoms. The minimum absolute atomic E-state index is 0.597. The van der Waals surface area contributed by atoms with E-state index >= 15 is 0 Å². The van der Waals surface area contributed by atoms with Crippen LogP contribution >= 0.6 is 31.9 Å². The molecule has 0 saturated carbocycles. The van der Waals surface area contributed by atoms with Gasteiger partial charge in [-0.1, -0.05) is 29.8 Å².